The van der Waals surface area contributed by atoms with Crippen LogP contribution < -0.4 is 4.90 Å². The number of hydrogen-bond donors (Lipinski definition) is 0. The number of carbonyl (C=O) groups is 1. The summed E-state index contributed by atoms with van der Waals surface area (Å²) in [6, 6.07) is 13.2. The standard InChI is InChI=1S/C16H13ClFNO/c1-19(15-5-3-2-4-14(15)18)16(20)11-8-12-6-9-13(17)10-7-12/h2-11H,1H3. The van der Waals surface area contributed by atoms with Crippen LogP contribution in [0, 0.1) is 5.82 Å². The summed E-state index contributed by atoms with van der Waals surface area (Å²) in [6.45, 7) is 0. The van der Waals surface area contributed by atoms with Gasteiger partial charge in [-0.3, -0.25) is 4.79 Å². The van der Waals surface area contributed by atoms with Crippen LogP contribution in [0.4, 0.5) is 10.1 Å². The summed E-state index contributed by atoms with van der Waals surface area (Å²) >= 11 is 5.78. The Bertz CT molecular complexity index is 637. The van der Waals surface area contributed by atoms with Crippen molar-refractivity contribution in [3.05, 3.63) is 71.0 Å². The van der Waals surface area contributed by atoms with Gasteiger partial charge in [0.25, 0.3) is 5.91 Å². The third kappa shape index (κ3) is 3.45. The van der Waals surface area contributed by atoms with Crippen molar-refractivity contribution in [3.8, 4) is 0 Å². The molecule has 0 fully saturated rings. The molecule has 0 unspecified atom stereocenters. The lowest BCUT2D eigenvalue weighted by Crippen LogP contribution is -2.24. The van der Waals surface area contributed by atoms with Crippen molar-refractivity contribution in [2.24, 2.45) is 0 Å². The number of para-hydroxylation sites is 1. The summed E-state index contributed by atoms with van der Waals surface area (Å²) in [5.41, 5.74) is 1.10. The maximum absolute atomic E-state index is 13.6. The maximum Gasteiger partial charge on any atom is 0.250 e. The molecule has 0 heterocycles. The van der Waals surface area contributed by atoms with Gasteiger partial charge in [0.15, 0.2) is 0 Å². The van der Waals surface area contributed by atoms with E-state index in [0.29, 0.717) is 5.02 Å². The van der Waals surface area contributed by atoms with Crippen LogP contribution in [0.2, 0.25) is 5.02 Å². The highest BCUT2D eigenvalue weighted by Crippen LogP contribution is 2.17. The van der Waals surface area contributed by atoms with Crippen LogP contribution in [-0.4, -0.2) is 13.0 Å². The van der Waals surface area contributed by atoms with Crippen molar-refractivity contribution in [1.29, 1.82) is 0 Å². The number of amides is 1. The van der Waals surface area contributed by atoms with E-state index in [1.807, 2.05) is 0 Å². The van der Waals surface area contributed by atoms with E-state index in [1.54, 1.807) is 48.5 Å². The second-order valence-electron chi connectivity index (χ2n) is 4.23. The Morgan fingerprint density at radius 3 is 2.45 bits per heavy atom. The Balaban J connectivity index is 2.12. The van der Waals surface area contributed by atoms with Gasteiger partial charge in [-0.2, -0.15) is 0 Å². The third-order valence-electron chi connectivity index (χ3n) is 2.83. The molecule has 102 valence electrons. The van der Waals surface area contributed by atoms with Crippen molar-refractivity contribution in [1.82, 2.24) is 0 Å². The molecule has 2 rings (SSSR count). The number of likely N-dealkylation sites (N-methyl/N-ethyl adjacent to an activating group) is 1. The highest BCUT2D eigenvalue weighted by atomic mass is 35.5. The van der Waals surface area contributed by atoms with E-state index in [-0.39, 0.29) is 11.6 Å². The average molecular weight is 290 g/mol. The van der Waals surface area contributed by atoms with Gasteiger partial charge in [0.05, 0.1) is 5.69 Å². The Hall–Kier alpha value is -2.13. The van der Waals surface area contributed by atoms with E-state index in [4.69, 9.17) is 11.6 Å². The van der Waals surface area contributed by atoms with Crippen LogP contribution in [-0.2, 0) is 4.79 Å². The monoisotopic (exact) mass is 289 g/mol. The molecule has 0 aliphatic heterocycles. The summed E-state index contributed by atoms with van der Waals surface area (Å²) < 4.78 is 13.6. The van der Waals surface area contributed by atoms with Gasteiger partial charge in [-0.05, 0) is 35.9 Å². The normalized spacial score (nSPS) is 10.8. The first-order valence-electron chi connectivity index (χ1n) is 6.04. The zero-order valence-corrected chi connectivity index (χ0v) is 11.6. The maximum atomic E-state index is 13.6. The predicted molar refractivity (Wildman–Crippen MR) is 80.3 cm³/mol. The molecule has 0 spiro atoms. The topological polar surface area (TPSA) is 20.3 Å². The highest BCUT2D eigenvalue weighted by Gasteiger charge is 2.11. The Morgan fingerprint density at radius 1 is 1.15 bits per heavy atom. The second-order valence-corrected chi connectivity index (χ2v) is 4.67. The van der Waals surface area contributed by atoms with E-state index in [0.717, 1.165) is 5.56 Å². The van der Waals surface area contributed by atoms with Crippen molar-refractivity contribution < 1.29 is 9.18 Å². The minimum Gasteiger partial charge on any atom is -0.309 e. The highest BCUT2D eigenvalue weighted by molar-refractivity contribution is 6.30. The molecule has 0 atom stereocenters. The summed E-state index contributed by atoms with van der Waals surface area (Å²) in [6.07, 6.45) is 3.06. The first-order chi connectivity index (χ1) is 9.58. The Kier molecular flexibility index (Phi) is 4.53. The number of benzene rings is 2. The Labute approximate surface area is 122 Å². The van der Waals surface area contributed by atoms with Gasteiger partial charge in [0, 0.05) is 18.1 Å². The number of nitrogens with zero attached hydrogens (tertiary/aromatic N) is 1. The molecule has 0 radical (unpaired) electrons. The molecule has 2 aromatic carbocycles. The fourth-order valence-corrected chi connectivity index (χ4v) is 1.82. The van der Waals surface area contributed by atoms with Crippen molar-refractivity contribution in [3.63, 3.8) is 0 Å². The molecule has 0 saturated heterocycles. The molecule has 0 N–H and O–H groups in total. The van der Waals surface area contributed by atoms with Gasteiger partial charge in [-0.25, -0.2) is 4.39 Å². The van der Waals surface area contributed by atoms with Gasteiger partial charge in [-0.15, -0.1) is 0 Å². The first-order valence-corrected chi connectivity index (χ1v) is 6.41. The van der Waals surface area contributed by atoms with Crippen molar-refractivity contribution in [2.45, 2.75) is 0 Å². The van der Waals surface area contributed by atoms with Crippen LogP contribution in [0.3, 0.4) is 0 Å². The van der Waals surface area contributed by atoms with Crippen LogP contribution in [0.25, 0.3) is 6.08 Å². The zero-order chi connectivity index (χ0) is 14.5. The molecule has 2 aromatic rings. The van der Waals surface area contributed by atoms with Gasteiger partial charge in [-0.1, -0.05) is 35.9 Å². The summed E-state index contributed by atoms with van der Waals surface area (Å²) in [5, 5.41) is 0.636. The van der Waals surface area contributed by atoms with Gasteiger partial charge >= 0.3 is 0 Å². The fraction of sp³-hybridized carbons (Fsp3) is 0.0625. The minimum atomic E-state index is -0.428. The van der Waals surface area contributed by atoms with Crippen LogP contribution in [0.15, 0.2) is 54.6 Å². The van der Waals surface area contributed by atoms with Gasteiger partial charge in [0.2, 0.25) is 0 Å². The van der Waals surface area contributed by atoms with E-state index >= 15 is 0 Å². The first kappa shape index (κ1) is 14.3. The molecule has 2 nitrogen and oxygen atoms in total. The average Bonchev–Trinajstić information content (AvgIpc) is 2.46. The number of rotatable bonds is 3. The molecular weight excluding hydrogens is 277 g/mol. The molecule has 0 bridgehead atoms. The largest absolute Gasteiger partial charge is 0.309 e. The van der Waals surface area contributed by atoms with E-state index in [9.17, 15) is 9.18 Å². The van der Waals surface area contributed by atoms with Crippen LogP contribution in [0.5, 0.6) is 0 Å². The van der Waals surface area contributed by atoms with E-state index in [1.165, 1.54) is 24.1 Å². The van der Waals surface area contributed by atoms with E-state index < -0.39 is 5.82 Å². The predicted octanol–water partition coefficient (Wildman–Crippen LogP) is 4.16. The fourth-order valence-electron chi connectivity index (χ4n) is 1.70. The molecule has 0 aromatic heterocycles. The molecular formula is C16H13ClFNO. The molecule has 20 heavy (non-hydrogen) atoms. The number of halogens is 2. The Morgan fingerprint density at radius 2 is 1.80 bits per heavy atom. The summed E-state index contributed by atoms with van der Waals surface area (Å²) in [7, 11) is 1.53. The summed E-state index contributed by atoms with van der Waals surface area (Å²) in [4.78, 5) is 13.2. The summed E-state index contributed by atoms with van der Waals surface area (Å²) in [5.74, 6) is -0.728. The SMILES string of the molecule is CN(C(=O)C=Cc1ccc(Cl)cc1)c1ccccc1F. The molecule has 0 aliphatic carbocycles. The van der Waals surface area contributed by atoms with Crippen LogP contribution >= 0.6 is 11.6 Å². The number of carbonyl (C=O) groups excluding carboxylic acids is 1. The van der Waals surface area contributed by atoms with Crippen molar-refractivity contribution in [2.75, 3.05) is 11.9 Å². The second kappa shape index (κ2) is 6.35. The van der Waals surface area contributed by atoms with Crippen molar-refractivity contribution >= 4 is 29.3 Å². The molecule has 0 aliphatic rings. The van der Waals surface area contributed by atoms with Gasteiger partial charge < -0.3 is 4.90 Å². The van der Waals surface area contributed by atoms with Gasteiger partial charge in [0.1, 0.15) is 5.82 Å². The van der Waals surface area contributed by atoms with E-state index in [2.05, 4.69) is 0 Å². The zero-order valence-electron chi connectivity index (χ0n) is 10.9. The van der Waals surface area contributed by atoms with Crippen LogP contribution in [0.1, 0.15) is 5.56 Å². The quantitative estimate of drug-likeness (QED) is 0.777. The number of anilines is 1. The third-order valence-corrected chi connectivity index (χ3v) is 3.08. The smallest absolute Gasteiger partial charge is 0.250 e. The lowest BCUT2D eigenvalue weighted by molar-refractivity contribution is -0.113. The lowest BCUT2D eigenvalue weighted by Gasteiger charge is -2.15. The molecule has 1 amide bonds. The lowest BCUT2D eigenvalue weighted by atomic mass is 10.2. The molecule has 0 saturated carbocycles. The number of hydrogen-bond acceptors (Lipinski definition) is 1. The molecule has 4 heteroatoms. The minimum absolute atomic E-state index is 0.248.